The van der Waals surface area contributed by atoms with Crippen LogP contribution in [0.2, 0.25) is 0 Å². The summed E-state index contributed by atoms with van der Waals surface area (Å²) in [6.07, 6.45) is 0.783. The Morgan fingerprint density at radius 3 is 2.58 bits per heavy atom. The maximum atomic E-state index is 11.4. The molecule has 19 heavy (non-hydrogen) atoms. The van der Waals surface area contributed by atoms with Gasteiger partial charge in [-0.25, -0.2) is 13.1 Å². The highest BCUT2D eigenvalue weighted by Gasteiger charge is 2.08. The highest BCUT2D eigenvalue weighted by atomic mass is 35.5. The van der Waals surface area contributed by atoms with Gasteiger partial charge in [-0.15, -0.1) is 11.6 Å². The Kier molecular flexibility index (Phi) is 7.38. The van der Waals surface area contributed by atoms with E-state index in [1.807, 2.05) is 25.2 Å². The van der Waals surface area contributed by atoms with Crippen molar-refractivity contribution < 1.29 is 8.42 Å². The van der Waals surface area contributed by atoms with Crippen LogP contribution in [0.25, 0.3) is 0 Å². The van der Waals surface area contributed by atoms with Crippen molar-refractivity contribution >= 4 is 21.6 Å². The first-order valence-corrected chi connectivity index (χ1v) is 8.48. The second-order valence-corrected chi connectivity index (χ2v) is 6.78. The first kappa shape index (κ1) is 16.4. The maximum Gasteiger partial charge on any atom is 0.212 e. The van der Waals surface area contributed by atoms with Gasteiger partial charge in [0.25, 0.3) is 0 Å². The summed E-state index contributed by atoms with van der Waals surface area (Å²) in [6, 6.07) is 10.2. The Balaban J connectivity index is 2.19. The van der Waals surface area contributed by atoms with E-state index in [2.05, 4.69) is 21.8 Å². The molecule has 0 saturated carbocycles. The van der Waals surface area contributed by atoms with Crippen molar-refractivity contribution in [2.45, 2.75) is 13.0 Å². The zero-order chi connectivity index (χ0) is 14.1. The molecule has 0 aromatic heterocycles. The molecule has 0 bridgehead atoms. The van der Waals surface area contributed by atoms with E-state index < -0.39 is 10.0 Å². The average Bonchev–Trinajstić information content (AvgIpc) is 2.36. The summed E-state index contributed by atoms with van der Waals surface area (Å²) in [7, 11) is -1.16. The summed E-state index contributed by atoms with van der Waals surface area (Å²) in [4.78, 5) is 2.17. The van der Waals surface area contributed by atoms with E-state index in [0.717, 1.165) is 19.5 Å². The van der Waals surface area contributed by atoms with Crippen LogP contribution in [0.3, 0.4) is 0 Å². The number of hydrogen-bond acceptors (Lipinski definition) is 3. The van der Waals surface area contributed by atoms with E-state index in [-0.39, 0.29) is 11.6 Å². The lowest BCUT2D eigenvalue weighted by atomic mass is 10.2. The number of rotatable bonds is 9. The van der Waals surface area contributed by atoms with Crippen molar-refractivity contribution in [2.24, 2.45) is 0 Å². The lowest BCUT2D eigenvalue weighted by molar-refractivity contribution is 0.322. The van der Waals surface area contributed by atoms with E-state index in [4.69, 9.17) is 11.6 Å². The van der Waals surface area contributed by atoms with Crippen LogP contribution in [-0.4, -0.2) is 45.1 Å². The van der Waals surface area contributed by atoms with E-state index in [1.54, 1.807) is 0 Å². The summed E-state index contributed by atoms with van der Waals surface area (Å²) in [6.45, 7) is 2.17. The Bertz CT molecular complexity index is 451. The van der Waals surface area contributed by atoms with Gasteiger partial charge in [0.05, 0.1) is 5.75 Å². The lowest BCUT2D eigenvalue weighted by Crippen LogP contribution is -2.30. The van der Waals surface area contributed by atoms with Crippen molar-refractivity contribution in [3.63, 3.8) is 0 Å². The van der Waals surface area contributed by atoms with Gasteiger partial charge in [0.15, 0.2) is 0 Å². The fourth-order valence-electron chi connectivity index (χ4n) is 1.72. The topological polar surface area (TPSA) is 49.4 Å². The van der Waals surface area contributed by atoms with Gasteiger partial charge in [-0.1, -0.05) is 30.3 Å². The lowest BCUT2D eigenvalue weighted by Gasteiger charge is -2.16. The van der Waals surface area contributed by atoms with Crippen LogP contribution in [-0.2, 0) is 16.6 Å². The second-order valence-electron chi connectivity index (χ2n) is 4.48. The van der Waals surface area contributed by atoms with Crippen LogP contribution in [0.15, 0.2) is 30.3 Å². The standard InChI is InChI=1S/C13H21ClN2O2S/c1-16(12-13-6-3-2-4-7-13)10-5-9-15-19(17,18)11-8-14/h2-4,6-7,15H,5,8-12H2,1H3. The number of hydrogen-bond donors (Lipinski definition) is 1. The molecular weight excluding hydrogens is 284 g/mol. The molecule has 0 unspecified atom stereocenters. The van der Waals surface area contributed by atoms with Crippen molar-refractivity contribution in [2.75, 3.05) is 31.8 Å². The normalized spacial score (nSPS) is 11.9. The van der Waals surface area contributed by atoms with Gasteiger partial charge in [-0.05, 0) is 25.6 Å². The van der Waals surface area contributed by atoms with E-state index in [1.165, 1.54) is 5.56 Å². The van der Waals surface area contributed by atoms with Crippen LogP contribution in [0.4, 0.5) is 0 Å². The Hall–Kier alpha value is -0.620. The highest BCUT2D eigenvalue weighted by Crippen LogP contribution is 2.02. The number of nitrogens with zero attached hydrogens (tertiary/aromatic N) is 1. The molecule has 1 N–H and O–H groups in total. The molecule has 0 radical (unpaired) electrons. The van der Waals surface area contributed by atoms with Gasteiger partial charge >= 0.3 is 0 Å². The van der Waals surface area contributed by atoms with Gasteiger partial charge in [0.2, 0.25) is 10.0 Å². The second kappa shape index (κ2) is 8.53. The minimum absolute atomic E-state index is 0.0194. The first-order valence-electron chi connectivity index (χ1n) is 6.29. The van der Waals surface area contributed by atoms with Crippen molar-refractivity contribution in [3.05, 3.63) is 35.9 Å². The molecule has 1 aromatic carbocycles. The number of benzene rings is 1. The molecule has 4 nitrogen and oxygen atoms in total. The van der Waals surface area contributed by atoms with Crippen LogP contribution >= 0.6 is 11.6 Å². The molecule has 0 saturated heterocycles. The fraction of sp³-hybridized carbons (Fsp3) is 0.538. The molecule has 0 heterocycles. The van der Waals surface area contributed by atoms with E-state index in [9.17, 15) is 8.42 Å². The predicted molar refractivity (Wildman–Crippen MR) is 79.9 cm³/mol. The van der Waals surface area contributed by atoms with Crippen molar-refractivity contribution in [1.29, 1.82) is 0 Å². The molecule has 0 aliphatic heterocycles. The number of sulfonamides is 1. The molecule has 1 aromatic rings. The molecule has 6 heteroatoms. The maximum absolute atomic E-state index is 11.4. The van der Waals surface area contributed by atoms with Gasteiger partial charge < -0.3 is 4.90 Å². The van der Waals surface area contributed by atoms with Crippen molar-refractivity contribution in [1.82, 2.24) is 9.62 Å². The summed E-state index contributed by atoms with van der Waals surface area (Å²) in [5, 5.41) is 0. The molecule has 0 amide bonds. The smallest absolute Gasteiger partial charge is 0.212 e. The number of halogens is 1. The molecule has 0 aliphatic rings. The highest BCUT2D eigenvalue weighted by molar-refractivity contribution is 7.89. The van der Waals surface area contributed by atoms with Gasteiger partial charge in [0, 0.05) is 19.0 Å². The zero-order valence-corrected chi connectivity index (χ0v) is 12.8. The third-order valence-corrected chi connectivity index (χ3v) is 4.48. The van der Waals surface area contributed by atoms with Crippen LogP contribution in [0.1, 0.15) is 12.0 Å². The third-order valence-electron chi connectivity index (χ3n) is 2.68. The number of nitrogens with one attached hydrogen (secondary N) is 1. The quantitative estimate of drug-likeness (QED) is 0.558. The van der Waals surface area contributed by atoms with Crippen LogP contribution < -0.4 is 4.72 Å². The third kappa shape index (κ3) is 7.52. The molecule has 0 aliphatic carbocycles. The monoisotopic (exact) mass is 304 g/mol. The summed E-state index contributed by atoms with van der Waals surface area (Å²) in [5.41, 5.74) is 1.26. The first-order chi connectivity index (χ1) is 9.03. The Labute approximate surface area is 120 Å². The van der Waals surface area contributed by atoms with Crippen LogP contribution in [0.5, 0.6) is 0 Å². The molecule has 108 valence electrons. The summed E-state index contributed by atoms with van der Waals surface area (Å²) < 4.78 is 25.3. The zero-order valence-electron chi connectivity index (χ0n) is 11.2. The SMILES string of the molecule is CN(CCCNS(=O)(=O)CCCl)Cc1ccccc1. The van der Waals surface area contributed by atoms with E-state index >= 15 is 0 Å². The van der Waals surface area contributed by atoms with Crippen molar-refractivity contribution in [3.8, 4) is 0 Å². The fourth-order valence-corrected chi connectivity index (χ4v) is 3.14. The average molecular weight is 305 g/mol. The van der Waals surface area contributed by atoms with Crippen LogP contribution in [0, 0.1) is 0 Å². The van der Waals surface area contributed by atoms with Gasteiger partial charge in [-0.2, -0.15) is 0 Å². The molecule has 1 rings (SSSR count). The molecule has 0 spiro atoms. The Morgan fingerprint density at radius 1 is 1.26 bits per heavy atom. The molecule has 0 fully saturated rings. The number of alkyl halides is 1. The minimum atomic E-state index is -3.19. The summed E-state index contributed by atoms with van der Waals surface area (Å²) >= 11 is 5.41. The van der Waals surface area contributed by atoms with Gasteiger partial charge in [0.1, 0.15) is 0 Å². The minimum Gasteiger partial charge on any atom is -0.302 e. The Morgan fingerprint density at radius 2 is 1.95 bits per heavy atom. The largest absolute Gasteiger partial charge is 0.302 e. The molecule has 0 atom stereocenters. The van der Waals surface area contributed by atoms with E-state index in [0.29, 0.717) is 6.54 Å². The molecular formula is C13H21ClN2O2S. The summed E-state index contributed by atoms with van der Waals surface area (Å²) in [5.74, 6) is 0.109. The predicted octanol–water partition coefficient (Wildman–Crippen LogP) is 1.67. The van der Waals surface area contributed by atoms with Gasteiger partial charge in [-0.3, -0.25) is 0 Å².